The van der Waals surface area contributed by atoms with Gasteiger partial charge in [0.25, 0.3) is 0 Å². The maximum Gasteiger partial charge on any atom is 0.153 e. The standard InChI is InChI=1S/C11H13ClN2/c1-7(2)9-6-8-4-5-13-11(12)10(8)14(9)3/h4-7H,1-3H3. The molecule has 2 nitrogen and oxygen atoms in total. The summed E-state index contributed by atoms with van der Waals surface area (Å²) >= 11 is 6.05. The number of fused-ring (bicyclic) bond motifs is 1. The number of aromatic nitrogens is 2. The lowest BCUT2D eigenvalue weighted by atomic mass is 10.1. The van der Waals surface area contributed by atoms with Crippen LogP contribution in [0.15, 0.2) is 18.3 Å². The Kier molecular flexibility index (Phi) is 2.23. The smallest absolute Gasteiger partial charge is 0.153 e. The number of pyridine rings is 1. The molecule has 0 saturated carbocycles. The molecule has 2 aromatic heterocycles. The number of aryl methyl sites for hydroxylation is 1. The third-order valence-electron chi connectivity index (χ3n) is 2.53. The molecule has 0 atom stereocenters. The van der Waals surface area contributed by atoms with Crippen molar-refractivity contribution in [1.29, 1.82) is 0 Å². The molecular formula is C11H13ClN2. The van der Waals surface area contributed by atoms with Crippen LogP contribution in [0.3, 0.4) is 0 Å². The molecule has 0 aromatic carbocycles. The topological polar surface area (TPSA) is 17.8 Å². The maximum absolute atomic E-state index is 6.05. The summed E-state index contributed by atoms with van der Waals surface area (Å²) < 4.78 is 2.12. The Morgan fingerprint density at radius 1 is 1.43 bits per heavy atom. The second-order valence-corrected chi connectivity index (χ2v) is 4.18. The predicted molar refractivity (Wildman–Crippen MR) is 59.8 cm³/mol. The Labute approximate surface area is 88.5 Å². The van der Waals surface area contributed by atoms with E-state index >= 15 is 0 Å². The monoisotopic (exact) mass is 208 g/mol. The summed E-state index contributed by atoms with van der Waals surface area (Å²) in [5, 5.41) is 1.74. The van der Waals surface area contributed by atoms with E-state index in [-0.39, 0.29) is 0 Å². The first-order valence-electron chi connectivity index (χ1n) is 4.71. The minimum absolute atomic E-state index is 0.503. The minimum atomic E-state index is 0.503. The van der Waals surface area contributed by atoms with E-state index < -0.39 is 0 Å². The van der Waals surface area contributed by atoms with E-state index in [9.17, 15) is 0 Å². The van der Waals surface area contributed by atoms with E-state index in [0.29, 0.717) is 11.1 Å². The SMILES string of the molecule is CC(C)c1cc2ccnc(Cl)c2n1C. The molecular weight excluding hydrogens is 196 g/mol. The van der Waals surface area contributed by atoms with Gasteiger partial charge in [0, 0.05) is 24.3 Å². The van der Waals surface area contributed by atoms with Crippen molar-refractivity contribution in [2.24, 2.45) is 7.05 Å². The van der Waals surface area contributed by atoms with Crippen molar-refractivity contribution in [2.75, 3.05) is 0 Å². The van der Waals surface area contributed by atoms with Crippen molar-refractivity contribution in [2.45, 2.75) is 19.8 Å². The van der Waals surface area contributed by atoms with Crippen LogP contribution in [0.1, 0.15) is 25.5 Å². The first-order valence-corrected chi connectivity index (χ1v) is 5.09. The molecule has 0 spiro atoms. The molecule has 2 rings (SSSR count). The fraction of sp³-hybridized carbons (Fsp3) is 0.364. The molecule has 0 bridgehead atoms. The molecule has 0 saturated heterocycles. The molecule has 0 amide bonds. The highest BCUT2D eigenvalue weighted by Gasteiger charge is 2.11. The van der Waals surface area contributed by atoms with Crippen LogP contribution in [-0.4, -0.2) is 9.55 Å². The van der Waals surface area contributed by atoms with Gasteiger partial charge in [0.05, 0.1) is 5.52 Å². The summed E-state index contributed by atoms with van der Waals surface area (Å²) in [4.78, 5) is 4.09. The van der Waals surface area contributed by atoms with Crippen LogP contribution in [-0.2, 0) is 7.05 Å². The van der Waals surface area contributed by atoms with E-state index in [1.54, 1.807) is 6.20 Å². The Balaban J connectivity index is 2.81. The molecule has 74 valence electrons. The third kappa shape index (κ3) is 1.30. The first-order chi connectivity index (χ1) is 6.61. The van der Waals surface area contributed by atoms with Crippen molar-refractivity contribution in [3.63, 3.8) is 0 Å². The summed E-state index contributed by atoms with van der Waals surface area (Å²) in [5.41, 5.74) is 2.31. The summed E-state index contributed by atoms with van der Waals surface area (Å²) in [6, 6.07) is 4.17. The Morgan fingerprint density at radius 2 is 2.14 bits per heavy atom. The molecule has 0 aliphatic carbocycles. The normalized spacial score (nSPS) is 11.5. The Morgan fingerprint density at radius 3 is 2.71 bits per heavy atom. The van der Waals surface area contributed by atoms with Gasteiger partial charge in [-0.05, 0) is 18.1 Å². The lowest BCUT2D eigenvalue weighted by Gasteiger charge is -2.07. The maximum atomic E-state index is 6.05. The van der Waals surface area contributed by atoms with Gasteiger partial charge >= 0.3 is 0 Å². The molecule has 0 aliphatic heterocycles. The Hall–Kier alpha value is -1.02. The quantitative estimate of drug-likeness (QED) is 0.658. The summed E-state index contributed by atoms with van der Waals surface area (Å²) in [5.74, 6) is 0.503. The fourth-order valence-corrected chi connectivity index (χ4v) is 2.12. The second kappa shape index (κ2) is 3.28. The van der Waals surface area contributed by atoms with Crippen LogP contribution in [0.4, 0.5) is 0 Å². The van der Waals surface area contributed by atoms with Crippen molar-refractivity contribution < 1.29 is 0 Å². The van der Waals surface area contributed by atoms with Crippen LogP contribution >= 0.6 is 11.6 Å². The summed E-state index contributed by atoms with van der Waals surface area (Å²) in [6.45, 7) is 4.35. The highest BCUT2D eigenvalue weighted by molar-refractivity contribution is 6.33. The lowest BCUT2D eigenvalue weighted by molar-refractivity contribution is 0.755. The number of hydrogen-bond donors (Lipinski definition) is 0. The van der Waals surface area contributed by atoms with Gasteiger partial charge in [-0.3, -0.25) is 0 Å². The van der Waals surface area contributed by atoms with Gasteiger partial charge in [0.15, 0.2) is 5.15 Å². The predicted octanol–water partition coefficient (Wildman–Crippen LogP) is 3.35. The zero-order valence-electron chi connectivity index (χ0n) is 8.58. The molecule has 3 heteroatoms. The molecule has 0 aliphatic rings. The van der Waals surface area contributed by atoms with Crippen molar-refractivity contribution in [3.8, 4) is 0 Å². The molecule has 2 aromatic rings. The molecule has 0 unspecified atom stereocenters. The molecule has 0 radical (unpaired) electrons. The van der Waals surface area contributed by atoms with E-state index in [0.717, 1.165) is 10.9 Å². The highest BCUT2D eigenvalue weighted by atomic mass is 35.5. The van der Waals surface area contributed by atoms with Gasteiger partial charge in [-0.1, -0.05) is 25.4 Å². The first kappa shape index (κ1) is 9.53. The van der Waals surface area contributed by atoms with Gasteiger partial charge < -0.3 is 4.57 Å². The number of hydrogen-bond acceptors (Lipinski definition) is 1. The Bertz CT molecular complexity index is 471. The molecule has 14 heavy (non-hydrogen) atoms. The minimum Gasteiger partial charge on any atom is -0.345 e. The van der Waals surface area contributed by atoms with Gasteiger partial charge in [-0.25, -0.2) is 4.98 Å². The number of nitrogens with zero attached hydrogens (tertiary/aromatic N) is 2. The third-order valence-corrected chi connectivity index (χ3v) is 2.81. The van der Waals surface area contributed by atoms with Crippen molar-refractivity contribution in [3.05, 3.63) is 29.2 Å². The van der Waals surface area contributed by atoms with Crippen LogP contribution in [0.5, 0.6) is 0 Å². The van der Waals surface area contributed by atoms with Gasteiger partial charge in [-0.15, -0.1) is 0 Å². The van der Waals surface area contributed by atoms with E-state index in [4.69, 9.17) is 11.6 Å². The van der Waals surface area contributed by atoms with Crippen molar-refractivity contribution >= 4 is 22.5 Å². The summed E-state index contributed by atoms with van der Waals surface area (Å²) in [7, 11) is 2.03. The van der Waals surface area contributed by atoms with Crippen LogP contribution in [0, 0.1) is 0 Å². The number of halogens is 1. The van der Waals surface area contributed by atoms with Crippen molar-refractivity contribution in [1.82, 2.24) is 9.55 Å². The largest absolute Gasteiger partial charge is 0.345 e. The molecule has 0 fully saturated rings. The summed E-state index contributed by atoms with van der Waals surface area (Å²) in [6.07, 6.45) is 1.74. The van der Waals surface area contributed by atoms with Crippen LogP contribution in [0.2, 0.25) is 5.15 Å². The van der Waals surface area contributed by atoms with Gasteiger partial charge in [0.1, 0.15) is 0 Å². The van der Waals surface area contributed by atoms with Crippen LogP contribution < -0.4 is 0 Å². The van der Waals surface area contributed by atoms with E-state index in [1.165, 1.54) is 5.69 Å². The average molecular weight is 209 g/mol. The fourth-order valence-electron chi connectivity index (χ4n) is 1.83. The van der Waals surface area contributed by atoms with Gasteiger partial charge in [-0.2, -0.15) is 0 Å². The lowest BCUT2D eigenvalue weighted by Crippen LogP contribution is -1.98. The van der Waals surface area contributed by atoms with E-state index in [1.807, 2.05) is 13.1 Å². The van der Waals surface area contributed by atoms with Gasteiger partial charge in [0.2, 0.25) is 0 Å². The van der Waals surface area contributed by atoms with Crippen LogP contribution in [0.25, 0.3) is 10.9 Å². The number of rotatable bonds is 1. The van der Waals surface area contributed by atoms with E-state index in [2.05, 4.69) is 29.5 Å². The zero-order chi connectivity index (χ0) is 10.3. The molecule has 2 heterocycles. The average Bonchev–Trinajstić information content (AvgIpc) is 2.45. The zero-order valence-corrected chi connectivity index (χ0v) is 9.34. The highest BCUT2D eigenvalue weighted by Crippen LogP contribution is 2.27. The molecule has 0 N–H and O–H groups in total. The second-order valence-electron chi connectivity index (χ2n) is 3.82.